The van der Waals surface area contributed by atoms with Gasteiger partial charge in [0.05, 0.1) is 5.69 Å². The fourth-order valence-corrected chi connectivity index (χ4v) is 3.20. The maximum Gasteiger partial charge on any atom is 0.244 e. The lowest BCUT2D eigenvalue weighted by Crippen LogP contribution is -2.28. The summed E-state index contributed by atoms with van der Waals surface area (Å²) in [5.41, 5.74) is 1.87. The first-order valence-corrected chi connectivity index (χ1v) is 8.89. The summed E-state index contributed by atoms with van der Waals surface area (Å²) >= 11 is 0. The third-order valence-corrected chi connectivity index (χ3v) is 4.65. The van der Waals surface area contributed by atoms with Crippen LogP contribution in [0.2, 0.25) is 0 Å². The van der Waals surface area contributed by atoms with Crippen LogP contribution in [0.5, 0.6) is 0 Å². The molecule has 0 spiro atoms. The Bertz CT molecular complexity index is 734. The Morgan fingerprint density at radius 3 is 2.68 bits per heavy atom. The number of pyridine rings is 1. The van der Waals surface area contributed by atoms with Crippen LogP contribution in [0.1, 0.15) is 37.7 Å². The summed E-state index contributed by atoms with van der Waals surface area (Å²) in [5, 5.41) is 2.97. The minimum Gasteiger partial charge on any atom is -0.352 e. The molecule has 1 aliphatic carbocycles. The average molecular weight is 338 g/mol. The highest BCUT2D eigenvalue weighted by Gasteiger charge is 2.13. The zero-order chi connectivity index (χ0) is 17.5. The number of aromatic nitrogens is 1. The largest absolute Gasteiger partial charge is 0.352 e. The van der Waals surface area contributed by atoms with Crippen molar-refractivity contribution in [1.29, 1.82) is 0 Å². The van der Waals surface area contributed by atoms with Gasteiger partial charge in [-0.05, 0) is 48.6 Å². The van der Waals surface area contributed by atoms with Crippen LogP contribution in [-0.2, 0) is 4.79 Å². The molecular weight excluding hydrogens is 315 g/mol. The van der Waals surface area contributed by atoms with Gasteiger partial charge in [-0.15, -0.1) is 0 Å². The quantitative estimate of drug-likeness (QED) is 0.810. The summed E-state index contributed by atoms with van der Waals surface area (Å²) in [5.74, 6) is 0.247. The molecular formula is C21H23FN2O. The lowest BCUT2D eigenvalue weighted by molar-refractivity contribution is -0.116. The highest BCUT2D eigenvalue weighted by Crippen LogP contribution is 2.23. The van der Waals surface area contributed by atoms with E-state index in [1.165, 1.54) is 44.2 Å². The monoisotopic (exact) mass is 338 g/mol. The minimum absolute atomic E-state index is 0.0799. The van der Waals surface area contributed by atoms with Gasteiger partial charge in [0.15, 0.2) is 0 Å². The first kappa shape index (κ1) is 17.3. The average Bonchev–Trinajstić information content (AvgIpc) is 2.66. The second kappa shape index (κ2) is 8.56. The van der Waals surface area contributed by atoms with E-state index in [0.29, 0.717) is 17.2 Å². The predicted molar refractivity (Wildman–Crippen MR) is 98.2 cm³/mol. The first-order valence-electron chi connectivity index (χ1n) is 8.89. The van der Waals surface area contributed by atoms with Crippen LogP contribution < -0.4 is 5.32 Å². The number of hydrogen-bond donors (Lipinski definition) is 1. The predicted octanol–water partition coefficient (Wildman–Crippen LogP) is 4.60. The summed E-state index contributed by atoms with van der Waals surface area (Å²) in [6.45, 7) is 0.758. The highest BCUT2D eigenvalue weighted by atomic mass is 19.1. The number of nitrogens with one attached hydrogen (secondary N) is 1. The maximum absolute atomic E-state index is 13.8. The van der Waals surface area contributed by atoms with Crippen LogP contribution in [0.15, 0.2) is 48.7 Å². The number of hydrogen-bond acceptors (Lipinski definition) is 2. The molecule has 0 atom stereocenters. The second-order valence-electron chi connectivity index (χ2n) is 6.54. The molecule has 1 fully saturated rings. The smallest absolute Gasteiger partial charge is 0.244 e. The van der Waals surface area contributed by atoms with Crippen LogP contribution in [0, 0.1) is 11.7 Å². The van der Waals surface area contributed by atoms with Gasteiger partial charge in [-0.3, -0.25) is 9.78 Å². The third-order valence-electron chi connectivity index (χ3n) is 4.65. The van der Waals surface area contributed by atoms with E-state index in [1.54, 1.807) is 36.5 Å². The number of carbonyl (C=O) groups excluding carboxylic acids is 1. The molecule has 0 saturated heterocycles. The fourth-order valence-electron chi connectivity index (χ4n) is 3.20. The van der Waals surface area contributed by atoms with E-state index in [9.17, 15) is 9.18 Å². The third kappa shape index (κ3) is 4.99. The van der Waals surface area contributed by atoms with Gasteiger partial charge in [-0.1, -0.05) is 37.5 Å². The molecule has 2 aromatic rings. The molecule has 1 heterocycles. The van der Waals surface area contributed by atoms with Gasteiger partial charge in [-0.2, -0.15) is 0 Å². The second-order valence-corrected chi connectivity index (χ2v) is 6.54. The molecule has 1 aromatic carbocycles. The fraction of sp³-hybridized carbons (Fsp3) is 0.333. The van der Waals surface area contributed by atoms with Crippen molar-refractivity contribution >= 4 is 12.0 Å². The Morgan fingerprint density at radius 2 is 1.96 bits per heavy atom. The highest BCUT2D eigenvalue weighted by molar-refractivity contribution is 5.91. The number of carbonyl (C=O) groups is 1. The Morgan fingerprint density at radius 1 is 1.16 bits per heavy atom. The van der Waals surface area contributed by atoms with Gasteiger partial charge in [0.2, 0.25) is 5.91 Å². The van der Waals surface area contributed by atoms with Crippen molar-refractivity contribution in [3.05, 3.63) is 60.1 Å². The molecule has 1 aliphatic rings. The zero-order valence-corrected chi connectivity index (χ0v) is 14.2. The van der Waals surface area contributed by atoms with Gasteiger partial charge in [-0.25, -0.2) is 4.39 Å². The topological polar surface area (TPSA) is 42.0 Å². The molecule has 3 nitrogen and oxygen atoms in total. The normalized spacial score (nSPS) is 15.4. The number of halogens is 1. The van der Waals surface area contributed by atoms with Crippen molar-refractivity contribution < 1.29 is 9.18 Å². The summed E-state index contributed by atoms with van der Waals surface area (Å²) < 4.78 is 13.8. The Labute approximate surface area is 148 Å². The Hall–Kier alpha value is -2.49. The minimum atomic E-state index is -0.291. The van der Waals surface area contributed by atoms with Gasteiger partial charge < -0.3 is 5.32 Å². The van der Waals surface area contributed by atoms with Crippen LogP contribution in [0.4, 0.5) is 4.39 Å². The lowest BCUT2D eigenvalue weighted by atomic mass is 9.89. The zero-order valence-electron chi connectivity index (χ0n) is 14.2. The number of nitrogens with zero attached hydrogens (tertiary/aromatic N) is 1. The molecule has 1 saturated carbocycles. The van der Waals surface area contributed by atoms with Crippen molar-refractivity contribution in [2.24, 2.45) is 5.92 Å². The number of benzene rings is 1. The first-order chi connectivity index (χ1) is 12.2. The standard InChI is InChI=1S/C21H23FN2O/c22-19-9-5-4-8-18(19)20-12-10-17(14-23-20)11-13-21(25)24-15-16-6-2-1-3-7-16/h4-5,8-14,16H,1-3,6-7,15H2,(H,24,25). The molecule has 0 aliphatic heterocycles. The molecule has 25 heavy (non-hydrogen) atoms. The van der Waals surface area contributed by atoms with Crippen molar-refractivity contribution in [2.75, 3.05) is 6.54 Å². The van der Waals surface area contributed by atoms with Gasteiger partial charge in [0, 0.05) is 24.4 Å². The van der Waals surface area contributed by atoms with Crippen molar-refractivity contribution in [2.45, 2.75) is 32.1 Å². The Balaban J connectivity index is 1.54. The van der Waals surface area contributed by atoms with Crippen molar-refractivity contribution in [1.82, 2.24) is 10.3 Å². The molecule has 4 heteroatoms. The van der Waals surface area contributed by atoms with Gasteiger partial charge in [0.1, 0.15) is 5.82 Å². The van der Waals surface area contributed by atoms with Crippen LogP contribution >= 0.6 is 0 Å². The summed E-state index contributed by atoms with van der Waals surface area (Å²) in [4.78, 5) is 16.2. The van der Waals surface area contributed by atoms with E-state index in [0.717, 1.165) is 12.1 Å². The molecule has 1 aromatic heterocycles. The van der Waals surface area contributed by atoms with Crippen molar-refractivity contribution in [3.63, 3.8) is 0 Å². The molecule has 3 rings (SSSR count). The van der Waals surface area contributed by atoms with E-state index < -0.39 is 0 Å². The molecule has 0 bridgehead atoms. The molecule has 0 radical (unpaired) electrons. The Kier molecular flexibility index (Phi) is 5.94. The summed E-state index contributed by atoms with van der Waals surface area (Å²) in [6.07, 6.45) is 11.2. The molecule has 1 amide bonds. The maximum atomic E-state index is 13.8. The van der Waals surface area contributed by atoms with Crippen LogP contribution in [0.25, 0.3) is 17.3 Å². The van der Waals surface area contributed by atoms with Gasteiger partial charge in [0.25, 0.3) is 0 Å². The van der Waals surface area contributed by atoms with E-state index in [-0.39, 0.29) is 11.7 Å². The molecule has 1 N–H and O–H groups in total. The summed E-state index contributed by atoms with van der Waals surface area (Å²) in [6, 6.07) is 10.2. The summed E-state index contributed by atoms with van der Waals surface area (Å²) in [7, 11) is 0. The molecule has 130 valence electrons. The van der Waals surface area contributed by atoms with E-state index in [2.05, 4.69) is 10.3 Å². The molecule has 0 unspecified atom stereocenters. The van der Waals surface area contributed by atoms with E-state index >= 15 is 0 Å². The number of rotatable bonds is 5. The van der Waals surface area contributed by atoms with E-state index in [4.69, 9.17) is 0 Å². The van der Waals surface area contributed by atoms with E-state index in [1.807, 2.05) is 6.07 Å². The number of amides is 1. The SMILES string of the molecule is O=C(C=Cc1ccc(-c2ccccc2F)nc1)NCC1CCCCC1. The lowest BCUT2D eigenvalue weighted by Gasteiger charge is -2.21. The van der Waals surface area contributed by atoms with Crippen LogP contribution in [-0.4, -0.2) is 17.4 Å². The van der Waals surface area contributed by atoms with Crippen molar-refractivity contribution in [3.8, 4) is 11.3 Å². The van der Waals surface area contributed by atoms with Gasteiger partial charge >= 0.3 is 0 Å². The van der Waals surface area contributed by atoms with Crippen LogP contribution in [0.3, 0.4) is 0 Å².